The number of fused-ring (bicyclic) bond motifs is 1. The molecule has 0 aliphatic carbocycles. The van der Waals surface area contributed by atoms with Crippen LogP contribution < -0.4 is 11.1 Å². The third-order valence-electron chi connectivity index (χ3n) is 2.26. The van der Waals surface area contributed by atoms with Gasteiger partial charge in [0.25, 0.3) is 11.7 Å². The molecule has 18 heavy (non-hydrogen) atoms. The number of benzene rings is 1. The molecule has 0 radical (unpaired) electrons. The van der Waals surface area contributed by atoms with E-state index in [1.54, 1.807) is 12.1 Å². The van der Waals surface area contributed by atoms with Crippen LogP contribution in [-0.4, -0.2) is 23.0 Å². The van der Waals surface area contributed by atoms with E-state index in [1.165, 1.54) is 12.1 Å². The number of nitrogens with two attached hydrogens (primary N) is 1. The first-order chi connectivity index (χ1) is 8.70. The molecule has 0 aliphatic heterocycles. The zero-order valence-corrected chi connectivity index (χ0v) is 9.50. The SMILES string of the molecule is NC/C=C/CNc1nc2ccc([N+](=O)[O-])cc2o1. The second-order valence-corrected chi connectivity index (χ2v) is 3.52. The maximum absolute atomic E-state index is 10.6. The Hall–Kier alpha value is -2.41. The van der Waals surface area contributed by atoms with Crippen LogP contribution in [0.15, 0.2) is 34.8 Å². The molecule has 0 unspecified atom stereocenters. The molecule has 2 rings (SSSR count). The molecule has 7 heteroatoms. The van der Waals surface area contributed by atoms with E-state index in [4.69, 9.17) is 10.2 Å². The van der Waals surface area contributed by atoms with Gasteiger partial charge in [0.05, 0.1) is 11.0 Å². The number of nitrogens with one attached hydrogen (secondary N) is 1. The van der Waals surface area contributed by atoms with Crippen LogP contribution in [0, 0.1) is 10.1 Å². The topological polar surface area (TPSA) is 107 Å². The minimum absolute atomic E-state index is 0.0202. The van der Waals surface area contributed by atoms with Crippen molar-refractivity contribution < 1.29 is 9.34 Å². The molecule has 0 saturated carbocycles. The molecule has 0 spiro atoms. The van der Waals surface area contributed by atoms with Crippen LogP contribution in [0.25, 0.3) is 11.1 Å². The Kier molecular flexibility index (Phi) is 3.54. The average Bonchev–Trinajstić information content (AvgIpc) is 2.76. The summed E-state index contributed by atoms with van der Waals surface area (Å²) in [6.45, 7) is 1.01. The number of rotatable bonds is 5. The second kappa shape index (κ2) is 5.28. The fourth-order valence-electron chi connectivity index (χ4n) is 1.43. The van der Waals surface area contributed by atoms with E-state index in [0.29, 0.717) is 30.2 Å². The van der Waals surface area contributed by atoms with Crippen LogP contribution in [-0.2, 0) is 0 Å². The first-order valence-electron chi connectivity index (χ1n) is 5.34. The van der Waals surface area contributed by atoms with Crippen molar-refractivity contribution in [3.8, 4) is 0 Å². The summed E-state index contributed by atoms with van der Waals surface area (Å²) in [6.07, 6.45) is 3.65. The summed E-state index contributed by atoms with van der Waals surface area (Å²) in [5, 5.41) is 13.5. The molecule has 1 heterocycles. The molecule has 7 nitrogen and oxygen atoms in total. The molecular weight excluding hydrogens is 236 g/mol. The molecule has 2 aromatic rings. The largest absolute Gasteiger partial charge is 0.423 e. The Morgan fingerprint density at radius 3 is 3.06 bits per heavy atom. The van der Waals surface area contributed by atoms with E-state index in [9.17, 15) is 10.1 Å². The summed E-state index contributed by atoms with van der Waals surface area (Å²) in [5.41, 5.74) is 6.24. The lowest BCUT2D eigenvalue weighted by atomic mass is 10.3. The van der Waals surface area contributed by atoms with Gasteiger partial charge >= 0.3 is 0 Å². The number of nitro groups is 1. The quantitative estimate of drug-likeness (QED) is 0.473. The Morgan fingerprint density at radius 1 is 1.50 bits per heavy atom. The number of anilines is 1. The Bertz CT molecular complexity index is 591. The summed E-state index contributed by atoms with van der Waals surface area (Å²) in [4.78, 5) is 14.3. The van der Waals surface area contributed by atoms with Gasteiger partial charge in [-0.25, -0.2) is 0 Å². The smallest absolute Gasteiger partial charge is 0.295 e. The number of oxazole rings is 1. The molecular formula is C11H12N4O3. The third-order valence-corrected chi connectivity index (χ3v) is 2.26. The van der Waals surface area contributed by atoms with E-state index in [0.717, 1.165) is 0 Å². The standard InChI is InChI=1S/C11H12N4O3/c12-5-1-2-6-13-11-14-9-4-3-8(15(16)17)7-10(9)18-11/h1-4,7H,5-6,12H2,(H,13,14)/b2-1+. The first-order valence-corrected chi connectivity index (χ1v) is 5.34. The number of aromatic nitrogens is 1. The highest BCUT2D eigenvalue weighted by Crippen LogP contribution is 2.23. The maximum atomic E-state index is 10.6. The highest BCUT2D eigenvalue weighted by Gasteiger charge is 2.10. The van der Waals surface area contributed by atoms with Crippen molar-refractivity contribution in [3.63, 3.8) is 0 Å². The third kappa shape index (κ3) is 2.64. The van der Waals surface area contributed by atoms with E-state index in [1.807, 2.05) is 6.08 Å². The second-order valence-electron chi connectivity index (χ2n) is 3.52. The highest BCUT2D eigenvalue weighted by molar-refractivity contribution is 5.77. The molecule has 1 aromatic carbocycles. The predicted octanol–water partition coefficient (Wildman–Crippen LogP) is 1.66. The van der Waals surface area contributed by atoms with Crippen molar-refractivity contribution in [2.45, 2.75) is 0 Å². The number of nitro benzene ring substituents is 1. The molecule has 0 aliphatic rings. The van der Waals surface area contributed by atoms with Crippen LogP contribution in [0.2, 0.25) is 0 Å². The van der Waals surface area contributed by atoms with E-state index in [-0.39, 0.29) is 5.69 Å². The minimum atomic E-state index is -0.473. The van der Waals surface area contributed by atoms with Crippen molar-refractivity contribution in [1.82, 2.24) is 4.98 Å². The van der Waals surface area contributed by atoms with Crippen molar-refractivity contribution in [1.29, 1.82) is 0 Å². The molecule has 94 valence electrons. The summed E-state index contributed by atoms with van der Waals surface area (Å²) >= 11 is 0. The Morgan fingerprint density at radius 2 is 2.33 bits per heavy atom. The lowest BCUT2D eigenvalue weighted by Gasteiger charge is -1.93. The molecule has 0 saturated heterocycles. The molecule has 3 N–H and O–H groups in total. The molecule has 0 fully saturated rings. The van der Waals surface area contributed by atoms with Gasteiger partial charge in [0.15, 0.2) is 5.58 Å². The van der Waals surface area contributed by atoms with Crippen LogP contribution in [0.4, 0.5) is 11.7 Å². The first kappa shape index (κ1) is 12.1. The summed E-state index contributed by atoms with van der Waals surface area (Å²) in [7, 11) is 0. The normalized spacial score (nSPS) is 11.2. The molecule has 0 atom stereocenters. The predicted molar refractivity (Wildman–Crippen MR) is 67.3 cm³/mol. The highest BCUT2D eigenvalue weighted by atomic mass is 16.6. The fourth-order valence-corrected chi connectivity index (χ4v) is 1.43. The summed E-state index contributed by atoms with van der Waals surface area (Å²) < 4.78 is 5.35. The lowest BCUT2D eigenvalue weighted by Crippen LogP contribution is -2.00. The van der Waals surface area contributed by atoms with Crippen molar-refractivity contribution >= 4 is 22.8 Å². The molecule has 0 bridgehead atoms. The Balaban J connectivity index is 2.16. The maximum Gasteiger partial charge on any atom is 0.295 e. The average molecular weight is 248 g/mol. The molecule has 1 aromatic heterocycles. The van der Waals surface area contributed by atoms with Gasteiger partial charge in [-0.05, 0) is 6.07 Å². The number of nitrogens with zero attached hydrogens (tertiary/aromatic N) is 2. The monoisotopic (exact) mass is 248 g/mol. The van der Waals surface area contributed by atoms with Crippen LogP contribution in [0.1, 0.15) is 0 Å². The number of hydrogen-bond acceptors (Lipinski definition) is 6. The van der Waals surface area contributed by atoms with Gasteiger partial charge in [0.2, 0.25) is 0 Å². The van der Waals surface area contributed by atoms with Crippen molar-refractivity contribution in [2.75, 3.05) is 18.4 Å². The van der Waals surface area contributed by atoms with Crippen LogP contribution >= 0.6 is 0 Å². The summed E-state index contributed by atoms with van der Waals surface area (Å²) in [6, 6.07) is 4.62. The van der Waals surface area contributed by atoms with Crippen LogP contribution in [0.5, 0.6) is 0 Å². The van der Waals surface area contributed by atoms with Gasteiger partial charge in [-0.15, -0.1) is 0 Å². The van der Waals surface area contributed by atoms with Gasteiger partial charge < -0.3 is 15.5 Å². The van der Waals surface area contributed by atoms with E-state index < -0.39 is 4.92 Å². The fraction of sp³-hybridized carbons (Fsp3) is 0.182. The zero-order chi connectivity index (χ0) is 13.0. The van der Waals surface area contributed by atoms with Gasteiger partial charge in [-0.2, -0.15) is 4.98 Å². The zero-order valence-electron chi connectivity index (χ0n) is 9.50. The van der Waals surface area contributed by atoms with Crippen LogP contribution in [0.3, 0.4) is 0 Å². The lowest BCUT2D eigenvalue weighted by molar-refractivity contribution is -0.384. The van der Waals surface area contributed by atoms with Gasteiger partial charge in [0.1, 0.15) is 5.52 Å². The number of hydrogen-bond donors (Lipinski definition) is 2. The minimum Gasteiger partial charge on any atom is -0.423 e. The van der Waals surface area contributed by atoms with E-state index >= 15 is 0 Å². The van der Waals surface area contributed by atoms with Crippen molar-refractivity contribution in [2.24, 2.45) is 5.73 Å². The van der Waals surface area contributed by atoms with Crippen molar-refractivity contribution in [3.05, 3.63) is 40.5 Å². The molecule has 0 amide bonds. The van der Waals surface area contributed by atoms with Gasteiger partial charge in [-0.1, -0.05) is 12.2 Å². The van der Waals surface area contributed by atoms with Gasteiger partial charge in [0, 0.05) is 19.2 Å². The summed E-state index contributed by atoms with van der Waals surface area (Å²) in [5.74, 6) is 0. The van der Waals surface area contributed by atoms with E-state index in [2.05, 4.69) is 10.3 Å². The van der Waals surface area contributed by atoms with Gasteiger partial charge in [-0.3, -0.25) is 10.1 Å². The Labute approximate surface area is 102 Å². The number of non-ortho nitro benzene ring substituents is 1.